The summed E-state index contributed by atoms with van der Waals surface area (Å²) in [5, 5.41) is 18.8. The SMILES string of the molecule is Fc1cccnc1N1CCNCC1.O=C(O)/C=C\C(=O)O. The molecule has 21 heavy (non-hydrogen) atoms. The lowest BCUT2D eigenvalue weighted by molar-refractivity contribution is -0.134. The minimum absolute atomic E-state index is 0.232. The molecule has 0 radical (unpaired) electrons. The van der Waals surface area contributed by atoms with Crippen molar-refractivity contribution in [2.45, 2.75) is 0 Å². The maximum atomic E-state index is 13.2. The summed E-state index contributed by atoms with van der Waals surface area (Å²) in [6, 6.07) is 3.06. The lowest BCUT2D eigenvalue weighted by Gasteiger charge is -2.28. The Morgan fingerprint density at radius 2 is 1.81 bits per heavy atom. The van der Waals surface area contributed by atoms with E-state index in [1.807, 2.05) is 4.90 Å². The molecule has 1 aliphatic heterocycles. The van der Waals surface area contributed by atoms with Crippen LogP contribution in [-0.2, 0) is 9.59 Å². The number of halogens is 1. The first-order valence-corrected chi connectivity index (χ1v) is 6.21. The second kappa shape index (κ2) is 8.64. The Morgan fingerprint density at radius 3 is 2.29 bits per heavy atom. The molecule has 7 nitrogen and oxygen atoms in total. The highest BCUT2D eigenvalue weighted by molar-refractivity contribution is 5.89. The zero-order chi connectivity index (χ0) is 15.7. The Balaban J connectivity index is 0.000000240. The van der Waals surface area contributed by atoms with E-state index < -0.39 is 11.9 Å². The van der Waals surface area contributed by atoms with Crippen molar-refractivity contribution in [2.24, 2.45) is 0 Å². The second-order valence-electron chi connectivity index (χ2n) is 4.06. The van der Waals surface area contributed by atoms with Gasteiger partial charge in [0.25, 0.3) is 0 Å². The largest absolute Gasteiger partial charge is 0.478 e. The molecule has 0 spiro atoms. The molecular formula is C13H16FN3O4. The lowest BCUT2D eigenvalue weighted by atomic mass is 10.3. The summed E-state index contributed by atoms with van der Waals surface area (Å²) in [6.07, 6.45) is 2.74. The van der Waals surface area contributed by atoms with Crippen molar-refractivity contribution >= 4 is 17.8 Å². The molecule has 0 amide bonds. The number of piperazine rings is 1. The van der Waals surface area contributed by atoms with E-state index in [2.05, 4.69) is 10.3 Å². The molecular weight excluding hydrogens is 281 g/mol. The monoisotopic (exact) mass is 297 g/mol. The third-order valence-electron chi connectivity index (χ3n) is 2.52. The van der Waals surface area contributed by atoms with E-state index >= 15 is 0 Å². The Kier molecular flexibility index (Phi) is 6.82. The number of hydrogen-bond acceptors (Lipinski definition) is 5. The van der Waals surface area contributed by atoms with Crippen LogP contribution in [0.25, 0.3) is 0 Å². The molecule has 0 bridgehead atoms. The van der Waals surface area contributed by atoms with E-state index in [-0.39, 0.29) is 5.82 Å². The summed E-state index contributed by atoms with van der Waals surface area (Å²) in [6.45, 7) is 3.45. The third-order valence-corrected chi connectivity index (χ3v) is 2.52. The summed E-state index contributed by atoms with van der Waals surface area (Å²) in [7, 11) is 0. The van der Waals surface area contributed by atoms with Crippen LogP contribution in [0.4, 0.5) is 10.2 Å². The van der Waals surface area contributed by atoms with Gasteiger partial charge in [-0.2, -0.15) is 0 Å². The number of anilines is 1. The number of carboxylic acid groups (broad SMARTS) is 2. The molecule has 0 unspecified atom stereocenters. The highest BCUT2D eigenvalue weighted by atomic mass is 19.1. The topological polar surface area (TPSA) is 103 Å². The molecule has 0 aromatic carbocycles. The number of pyridine rings is 1. The van der Waals surface area contributed by atoms with Crippen molar-refractivity contribution < 1.29 is 24.2 Å². The van der Waals surface area contributed by atoms with Gasteiger partial charge in [0.2, 0.25) is 0 Å². The van der Waals surface area contributed by atoms with Crippen molar-refractivity contribution in [3.63, 3.8) is 0 Å². The van der Waals surface area contributed by atoms with Crippen molar-refractivity contribution in [1.82, 2.24) is 10.3 Å². The van der Waals surface area contributed by atoms with Crippen LogP contribution in [0.5, 0.6) is 0 Å². The first kappa shape index (κ1) is 16.6. The number of aliphatic carboxylic acids is 2. The average Bonchev–Trinajstić information content (AvgIpc) is 2.47. The fourth-order valence-electron chi connectivity index (χ4n) is 1.63. The van der Waals surface area contributed by atoms with Gasteiger partial charge >= 0.3 is 11.9 Å². The molecule has 2 heterocycles. The lowest BCUT2D eigenvalue weighted by Crippen LogP contribution is -2.44. The summed E-state index contributed by atoms with van der Waals surface area (Å²) < 4.78 is 13.2. The van der Waals surface area contributed by atoms with Crippen LogP contribution >= 0.6 is 0 Å². The van der Waals surface area contributed by atoms with E-state index in [0.29, 0.717) is 18.0 Å². The molecule has 0 aliphatic carbocycles. The minimum atomic E-state index is -1.26. The van der Waals surface area contributed by atoms with Crippen LogP contribution in [0.2, 0.25) is 0 Å². The average molecular weight is 297 g/mol. The van der Waals surface area contributed by atoms with E-state index in [9.17, 15) is 14.0 Å². The molecule has 8 heteroatoms. The van der Waals surface area contributed by atoms with Crippen LogP contribution in [-0.4, -0.2) is 53.3 Å². The van der Waals surface area contributed by atoms with Gasteiger partial charge in [-0.05, 0) is 12.1 Å². The minimum Gasteiger partial charge on any atom is -0.478 e. The first-order valence-electron chi connectivity index (χ1n) is 6.21. The normalized spacial score (nSPS) is 14.4. The summed E-state index contributed by atoms with van der Waals surface area (Å²) in [4.78, 5) is 25.1. The van der Waals surface area contributed by atoms with Crippen LogP contribution < -0.4 is 10.2 Å². The van der Waals surface area contributed by atoms with Gasteiger partial charge in [-0.15, -0.1) is 0 Å². The number of carboxylic acids is 2. The van der Waals surface area contributed by atoms with Crippen molar-refractivity contribution in [2.75, 3.05) is 31.1 Å². The van der Waals surface area contributed by atoms with Crippen LogP contribution in [0.1, 0.15) is 0 Å². The highest BCUT2D eigenvalue weighted by Crippen LogP contribution is 2.14. The van der Waals surface area contributed by atoms with Crippen LogP contribution in [0.3, 0.4) is 0 Å². The molecule has 0 atom stereocenters. The number of rotatable bonds is 3. The standard InChI is InChI=1S/C9H12FN3.C4H4O4/c10-8-2-1-3-12-9(8)13-6-4-11-5-7-13;5-3(6)1-2-4(7)8/h1-3,11H,4-7H2;1-2H,(H,5,6)(H,7,8)/b;2-1-. The molecule has 0 saturated carbocycles. The van der Waals surface area contributed by atoms with Crippen LogP contribution in [0.15, 0.2) is 30.5 Å². The smallest absolute Gasteiger partial charge is 0.328 e. The molecule has 1 aromatic heterocycles. The van der Waals surface area contributed by atoms with E-state index in [1.54, 1.807) is 12.3 Å². The van der Waals surface area contributed by atoms with Crippen molar-refractivity contribution in [3.05, 3.63) is 36.3 Å². The summed E-state index contributed by atoms with van der Waals surface area (Å²) >= 11 is 0. The Morgan fingerprint density at radius 1 is 1.24 bits per heavy atom. The van der Waals surface area contributed by atoms with Crippen molar-refractivity contribution in [3.8, 4) is 0 Å². The molecule has 2 rings (SSSR count). The first-order chi connectivity index (χ1) is 10.0. The third kappa shape index (κ3) is 6.48. The second-order valence-corrected chi connectivity index (χ2v) is 4.06. The van der Waals surface area contributed by atoms with E-state index in [4.69, 9.17) is 10.2 Å². The van der Waals surface area contributed by atoms with Crippen LogP contribution in [0, 0.1) is 5.82 Å². The molecule has 1 aromatic rings. The predicted molar refractivity (Wildman–Crippen MR) is 73.7 cm³/mol. The zero-order valence-electron chi connectivity index (χ0n) is 11.2. The number of carbonyl (C=O) groups is 2. The Labute approximate surface area is 120 Å². The Bertz CT molecular complexity index is 500. The van der Waals surface area contributed by atoms with Gasteiger partial charge in [0.15, 0.2) is 11.6 Å². The molecule has 114 valence electrons. The molecule has 1 fully saturated rings. The van der Waals surface area contributed by atoms with Gasteiger partial charge < -0.3 is 20.4 Å². The van der Waals surface area contributed by atoms with Gasteiger partial charge in [0, 0.05) is 44.5 Å². The number of nitrogens with zero attached hydrogens (tertiary/aromatic N) is 2. The zero-order valence-corrected chi connectivity index (χ0v) is 11.2. The maximum absolute atomic E-state index is 13.2. The van der Waals surface area contributed by atoms with Gasteiger partial charge in [0.05, 0.1) is 0 Å². The molecule has 1 aliphatic rings. The fourth-order valence-corrected chi connectivity index (χ4v) is 1.63. The Hall–Kier alpha value is -2.48. The van der Waals surface area contributed by atoms with Gasteiger partial charge in [0.1, 0.15) is 0 Å². The van der Waals surface area contributed by atoms with Gasteiger partial charge in [-0.1, -0.05) is 0 Å². The number of aromatic nitrogens is 1. The maximum Gasteiger partial charge on any atom is 0.328 e. The fraction of sp³-hybridized carbons (Fsp3) is 0.308. The summed E-state index contributed by atoms with van der Waals surface area (Å²) in [5.74, 6) is -2.27. The predicted octanol–water partition coefficient (Wildman–Crippen LogP) is 0.342. The number of hydrogen-bond donors (Lipinski definition) is 3. The van der Waals surface area contributed by atoms with E-state index in [0.717, 1.165) is 26.2 Å². The number of nitrogens with one attached hydrogen (secondary N) is 1. The molecule has 1 saturated heterocycles. The quantitative estimate of drug-likeness (QED) is 0.691. The molecule has 3 N–H and O–H groups in total. The highest BCUT2D eigenvalue weighted by Gasteiger charge is 2.14. The van der Waals surface area contributed by atoms with Gasteiger partial charge in [-0.25, -0.2) is 19.0 Å². The summed E-state index contributed by atoms with van der Waals surface area (Å²) in [5.41, 5.74) is 0. The van der Waals surface area contributed by atoms with Gasteiger partial charge in [-0.3, -0.25) is 0 Å². The van der Waals surface area contributed by atoms with E-state index in [1.165, 1.54) is 6.07 Å². The van der Waals surface area contributed by atoms with Crippen molar-refractivity contribution in [1.29, 1.82) is 0 Å².